The van der Waals surface area contributed by atoms with Crippen LogP contribution in [0, 0.1) is 5.82 Å². The number of halogens is 1. The highest BCUT2D eigenvalue weighted by atomic mass is 19.1. The van der Waals surface area contributed by atoms with Gasteiger partial charge in [0.15, 0.2) is 0 Å². The summed E-state index contributed by atoms with van der Waals surface area (Å²) >= 11 is 0. The zero-order chi connectivity index (χ0) is 18.8. The number of hydrogen-bond acceptors (Lipinski definition) is 6. The van der Waals surface area contributed by atoms with Gasteiger partial charge in [-0.25, -0.2) is 19.3 Å². The van der Waals surface area contributed by atoms with Gasteiger partial charge in [0.05, 0.1) is 18.1 Å². The SMILES string of the molecule is Nc1cnc(-c2ccccc2-c2ccc(-c3cnc(N)nc3)cc2F)cn1. The Balaban J connectivity index is 1.78. The highest BCUT2D eigenvalue weighted by Crippen LogP contribution is 2.34. The molecule has 0 amide bonds. The Morgan fingerprint density at radius 3 is 2.07 bits per heavy atom. The van der Waals surface area contributed by atoms with E-state index >= 15 is 0 Å². The van der Waals surface area contributed by atoms with E-state index in [1.165, 1.54) is 12.3 Å². The summed E-state index contributed by atoms with van der Waals surface area (Å²) in [5.74, 6) is 0.145. The van der Waals surface area contributed by atoms with Crippen molar-refractivity contribution in [2.45, 2.75) is 0 Å². The Morgan fingerprint density at radius 1 is 0.667 bits per heavy atom. The standard InChI is InChI=1S/C20H15FN6/c21-17-7-12(13-8-26-20(23)27-9-13)5-6-15(17)14-3-1-2-4-16(14)18-10-25-19(22)11-24-18/h1-11H,(H2,22,25)(H2,23,26,27). The van der Waals surface area contributed by atoms with E-state index < -0.39 is 0 Å². The molecule has 6 nitrogen and oxygen atoms in total. The van der Waals surface area contributed by atoms with Crippen LogP contribution in [0.3, 0.4) is 0 Å². The molecule has 0 aliphatic rings. The van der Waals surface area contributed by atoms with Crippen LogP contribution >= 0.6 is 0 Å². The Kier molecular flexibility index (Phi) is 4.18. The third kappa shape index (κ3) is 3.30. The van der Waals surface area contributed by atoms with Gasteiger partial charge in [-0.3, -0.25) is 4.98 Å². The molecule has 0 aliphatic heterocycles. The first-order valence-corrected chi connectivity index (χ1v) is 8.16. The summed E-state index contributed by atoms with van der Waals surface area (Å²) < 4.78 is 14.9. The minimum atomic E-state index is -0.361. The maximum atomic E-state index is 14.9. The molecule has 4 aromatic rings. The number of nitrogens with zero attached hydrogens (tertiary/aromatic N) is 4. The molecule has 4 rings (SSSR count). The fourth-order valence-corrected chi connectivity index (χ4v) is 2.82. The molecule has 0 atom stereocenters. The molecular formula is C20H15FN6. The second-order valence-electron chi connectivity index (χ2n) is 5.90. The van der Waals surface area contributed by atoms with Crippen molar-refractivity contribution in [2.75, 3.05) is 11.5 Å². The molecule has 2 heterocycles. The van der Waals surface area contributed by atoms with Gasteiger partial charge >= 0.3 is 0 Å². The summed E-state index contributed by atoms with van der Waals surface area (Å²) in [7, 11) is 0. The first kappa shape index (κ1) is 16.6. The van der Waals surface area contributed by atoms with Gasteiger partial charge < -0.3 is 11.5 Å². The molecule has 4 N–H and O–H groups in total. The van der Waals surface area contributed by atoms with E-state index in [4.69, 9.17) is 11.5 Å². The van der Waals surface area contributed by atoms with Gasteiger partial charge in [0.1, 0.15) is 11.6 Å². The van der Waals surface area contributed by atoms with Gasteiger partial charge in [0, 0.05) is 29.1 Å². The van der Waals surface area contributed by atoms with Crippen molar-refractivity contribution >= 4 is 11.8 Å². The fraction of sp³-hybridized carbons (Fsp3) is 0. The van der Waals surface area contributed by atoms with E-state index in [-0.39, 0.29) is 11.8 Å². The largest absolute Gasteiger partial charge is 0.382 e. The fourth-order valence-electron chi connectivity index (χ4n) is 2.82. The van der Waals surface area contributed by atoms with E-state index in [1.54, 1.807) is 24.7 Å². The van der Waals surface area contributed by atoms with Crippen molar-refractivity contribution in [3.05, 3.63) is 73.1 Å². The number of rotatable bonds is 3. The molecule has 2 aromatic heterocycles. The molecular weight excluding hydrogens is 343 g/mol. The highest BCUT2D eigenvalue weighted by Gasteiger charge is 2.13. The third-order valence-corrected chi connectivity index (χ3v) is 4.14. The van der Waals surface area contributed by atoms with E-state index in [0.29, 0.717) is 33.8 Å². The van der Waals surface area contributed by atoms with Gasteiger partial charge in [-0.1, -0.05) is 36.4 Å². The number of nitrogen functional groups attached to an aromatic ring is 2. The Labute approximate surface area is 154 Å². The van der Waals surface area contributed by atoms with Crippen LogP contribution in [0.25, 0.3) is 33.5 Å². The van der Waals surface area contributed by atoms with Crippen LogP contribution in [0.15, 0.2) is 67.3 Å². The summed E-state index contributed by atoms with van der Waals surface area (Å²) in [5, 5.41) is 0. The summed E-state index contributed by atoms with van der Waals surface area (Å²) in [5.41, 5.74) is 15.0. The molecule has 0 saturated carbocycles. The predicted octanol–water partition coefficient (Wildman–Crippen LogP) is 3.57. The van der Waals surface area contributed by atoms with Gasteiger partial charge in [-0.15, -0.1) is 0 Å². The van der Waals surface area contributed by atoms with Crippen LogP contribution in [0.5, 0.6) is 0 Å². The zero-order valence-electron chi connectivity index (χ0n) is 14.2. The van der Waals surface area contributed by atoms with Crippen LogP contribution in [-0.4, -0.2) is 19.9 Å². The number of nitrogens with two attached hydrogens (primary N) is 2. The molecule has 132 valence electrons. The third-order valence-electron chi connectivity index (χ3n) is 4.14. The second kappa shape index (κ2) is 6.80. The molecule has 0 radical (unpaired) electrons. The number of hydrogen-bond donors (Lipinski definition) is 2. The smallest absolute Gasteiger partial charge is 0.219 e. The molecule has 0 saturated heterocycles. The lowest BCUT2D eigenvalue weighted by Crippen LogP contribution is -1.95. The van der Waals surface area contributed by atoms with Crippen LogP contribution < -0.4 is 11.5 Å². The minimum Gasteiger partial charge on any atom is -0.382 e. The van der Waals surface area contributed by atoms with Crippen LogP contribution in [0.1, 0.15) is 0 Å². The second-order valence-corrected chi connectivity index (χ2v) is 5.90. The maximum Gasteiger partial charge on any atom is 0.219 e. The summed E-state index contributed by atoms with van der Waals surface area (Å²) in [6, 6.07) is 12.4. The van der Waals surface area contributed by atoms with Crippen molar-refractivity contribution in [2.24, 2.45) is 0 Å². The number of aromatic nitrogens is 4. The van der Waals surface area contributed by atoms with Crippen molar-refractivity contribution in [1.29, 1.82) is 0 Å². The lowest BCUT2D eigenvalue weighted by Gasteiger charge is -2.11. The maximum absolute atomic E-state index is 14.9. The van der Waals surface area contributed by atoms with Crippen molar-refractivity contribution in [1.82, 2.24) is 19.9 Å². The van der Waals surface area contributed by atoms with Crippen LogP contribution in [-0.2, 0) is 0 Å². The van der Waals surface area contributed by atoms with E-state index in [9.17, 15) is 4.39 Å². The lowest BCUT2D eigenvalue weighted by atomic mass is 9.95. The number of anilines is 2. The molecule has 27 heavy (non-hydrogen) atoms. The molecule has 2 aromatic carbocycles. The van der Waals surface area contributed by atoms with E-state index in [2.05, 4.69) is 19.9 Å². The Bertz CT molecular complexity index is 1090. The normalized spacial score (nSPS) is 10.7. The summed E-state index contributed by atoms with van der Waals surface area (Å²) in [4.78, 5) is 16.3. The monoisotopic (exact) mass is 358 g/mol. The van der Waals surface area contributed by atoms with Gasteiger partial charge in [0.25, 0.3) is 0 Å². The first-order chi connectivity index (χ1) is 13.1. The van der Waals surface area contributed by atoms with Crippen LogP contribution in [0.4, 0.5) is 16.2 Å². The van der Waals surface area contributed by atoms with E-state index in [1.807, 2.05) is 30.3 Å². The molecule has 0 spiro atoms. The van der Waals surface area contributed by atoms with Crippen molar-refractivity contribution < 1.29 is 4.39 Å². The van der Waals surface area contributed by atoms with Crippen LogP contribution in [0.2, 0.25) is 0 Å². The Morgan fingerprint density at radius 2 is 1.41 bits per heavy atom. The highest BCUT2D eigenvalue weighted by molar-refractivity contribution is 5.83. The molecule has 0 aliphatic carbocycles. The van der Waals surface area contributed by atoms with Gasteiger partial charge in [-0.2, -0.15) is 0 Å². The number of benzene rings is 2. The molecule has 0 fully saturated rings. The predicted molar refractivity (Wildman–Crippen MR) is 103 cm³/mol. The van der Waals surface area contributed by atoms with E-state index in [0.717, 1.165) is 5.56 Å². The molecule has 0 bridgehead atoms. The van der Waals surface area contributed by atoms with Crippen molar-refractivity contribution in [3.63, 3.8) is 0 Å². The summed E-state index contributed by atoms with van der Waals surface area (Å²) in [6.07, 6.45) is 6.18. The summed E-state index contributed by atoms with van der Waals surface area (Å²) in [6.45, 7) is 0. The average molecular weight is 358 g/mol. The first-order valence-electron chi connectivity index (χ1n) is 8.16. The Hall–Kier alpha value is -3.87. The van der Waals surface area contributed by atoms with Gasteiger partial charge in [0.2, 0.25) is 5.95 Å². The quantitative estimate of drug-likeness (QED) is 0.580. The lowest BCUT2D eigenvalue weighted by molar-refractivity contribution is 0.632. The van der Waals surface area contributed by atoms with Crippen molar-refractivity contribution in [3.8, 4) is 33.5 Å². The van der Waals surface area contributed by atoms with Gasteiger partial charge in [-0.05, 0) is 17.2 Å². The zero-order valence-corrected chi connectivity index (χ0v) is 14.2. The molecule has 0 unspecified atom stereocenters. The minimum absolute atomic E-state index is 0.175. The average Bonchev–Trinajstić information content (AvgIpc) is 2.69. The molecule has 7 heteroatoms. The topological polar surface area (TPSA) is 104 Å².